The standard InChI is InChI=1S/C20H32O2Si/c1-12(2)17-18-15(22-23(7,8)19(4,5)6)11-13(3)14-9-10-16(21)20(14,17)18/h9-10,13-15,18H,11H2,1-8H3/t13-,14+,15+,18-,20-/m1/s1. The fourth-order valence-electron chi connectivity index (χ4n) is 4.85. The SMILES string of the molecule is CC(C)=C1[C@H]2[C@@H](O[Si](C)(C)C(C)(C)C)C[C@@H](C)[C@@H]3C=CC(=O)[C@@]132. The average Bonchev–Trinajstić information content (AvgIpc) is 2.97. The summed E-state index contributed by atoms with van der Waals surface area (Å²) in [6.45, 7) is 18.2. The zero-order valence-corrected chi connectivity index (χ0v) is 17.0. The van der Waals surface area contributed by atoms with Gasteiger partial charge in [0, 0.05) is 5.92 Å². The van der Waals surface area contributed by atoms with E-state index in [1.54, 1.807) is 0 Å². The Balaban J connectivity index is 1.97. The van der Waals surface area contributed by atoms with Crippen LogP contribution in [0, 0.1) is 23.2 Å². The van der Waals surface area contributed by atoms with Gasteiger partial charge in [-0.3, -0.25) is 4.79 Å². The summed E-state index contributed by atoms with van der Waals surface area (Å²) in [4.78, 5) is 12.8. The third-order valence-corrected chi connectivity index (χ3v) is 11.4. The molecular weight excluding hydrogens is 300 g/mol. The normalized spacial score (nSPS) is 39.3. The molecule has 2 nitrogen and oxygen atoms in total. The van der Waals surface area contributed by atoms with Crippen molar-refractivity contribution in [1.82, 2.24) is 0 Å². The summed E-state index contributed by atoms with van der Waals surface area (Å²) in [5.41, 5.74) is 2.49. The summed E-state index contributed by atoms with van der Waals surface area (Å²) < 4.78 is 6.82. The molecule has 0 aromatic heterocycles. The molecule has 3 aliphatic carbocycles. The van der Waals surface area contributed by atoms with Crippen molar-refractivity contribution in [2.24, 2.45) is 23.2 Å². The maximum Gasteiger partial charge on any atom is 0.192 e. The highest BCUT2D eigenvalue weighted by Gasteiger charge is 2.75. The first-order valence-corrected chi connectivity index (χ1v) is 11.9. The molecule has 3 heteroatoms. The molecule has 0 heterocycles. The number of carbonyl (C=O) groups is 1. The van der Waals surface area contributed by atoms with Crippen molar-refractivity contribution in [3.05, 3.63) is 23.3 Å². The van der Waals surface area contributed by atoms with Gasteiger partial charge < -0.3 is 4.43 Å². The van der Waals surface area contributed by atoms with Crippen LogP contribution in [0.1, 0.15) is 48.0 Å². The van der Waals surface area contributed by atoms with Crippen LogP contribution in [0.15, 0.2) is 23.3 Å². The van der Waals surface area contributed by atoms with Crippen LogP contribution >= 0.6 is 0 Å². The molecule has 0 radical (unpaired) electrons. The number of allylic oxidation sites excluding steroid dienone is 3. The van der Waals surface area contributed by atoms with Crippen molar-refractivity contribution in [2.45, 2.75) is 72.2 Å². The van der Waals surface area contributed by atoms with E-state index in [1.807, 2.05) is 6.08 Å². The Labute approximate surface area is 142 Å². The largest absolute Gasteiger partial charge is 0.413 e. The molecule has 5 atom stereocenters. The summed E-state index contributed by atoms with van der Waals surface area (Å²) in [5.74, 6) is 1.56. The van der Waals surface area contributed by atoms with Crippen molar-refractivity contribution in [1.29, 1.82) is 0 Å². The molecule has 0 unspecified atom stereocenters. The van der Waals surface area contributed by atoms with Crippen LogP contribution in [0.5, 0.6) is 0 Å². The lowest BCUT2D eigenvalue weighted by atomic mass is 9.72. The Kier molecular flexibility index (Phi) is 3.67. The predicted octanol–water partition coefficient (Wildman–Crippen LogP) is 5.12. The molecule has 0 aliphatic heterocycles. The fraction of sp³-hybridized carbons (Fsp3) is 0.750. The van der Waals surface area contributed by atoms with Crippen LogP contribution < -0.4 is 0 Å². The smallest absolute Gasteiger partial charge is 0.192 e. The zero-order chi connectivity index (χ0) is 17.4. The van der Waals surface area contributed by atoms with E-state index in [1.165, 1.54) is 11.1 Å². The lowest BCUT2D eigenvalue weighted by Crippen LogP contribution is -2.47. The molecule has 3 aliphatic rings. The number of hydrogen-bond donors (Lipinski definition) is 0. The second-order valence-electron chi connectivity index (χ2n) is 9.64. The third-order valence-electron chi connectivity index (χ3n) is 6.93. The van der Waals surface area contributed by atoms with E-state index < -0.39 is 8.32 Å². The van der Waals surface area contributed by atoms with Crippen LogP contribution in [-0.2, 0) is 9.22 Å². The highest BCUT2D eigenvalue weighted by Crippen LogP contribution is 2.73. The third kappa shape index (κ3) is 2.19. The minimum absolute atomic E-state index is 0.207. The Morgan fingerprint density at radius 2 is 1.91 bits per heavy atom. The Morgan fingerprint density at radius 1 is 1.30 bits per heavy atom. The summed E-state index contributed by atoms with van der Waals surface area (Å²) in [6.07, 6.45) is 5.32. The van der Waals surface area contributed by atoms with Gasteiger partial charge >= 0.3 is 0 Å². The van der Waals surface area contributed by atoms with Gasteiger partial charge in [-0.15, -0.1) is 0 Å². The maximum absolute atomic E-state index is 12.8. The topological polar surface area (TPSA) is 26.3 Å². The lowest BCUT2D eigenvalue weighted by molar-refractivity contribution is -0.122. The number of ketones is 1. The van der Waals surface area contributed by atoms with Gasteiger partial charge in [0.25, 0.3) is 0 Å². The molecule has 0 aromatic carbocycles. The summed E-state index contributed by atoms with van der Waals surface area (Å²) in [5, 5.41) is 0.207. The summed E-state index contributed by atoms with van der Waals surface area (Å²) in [6, 6.07) is 0. The number of hydrogen-bond acceptors (Lipinski definition) is 2. The molecule has 2 fully saturated rings. The molecule has 2 saturated carbocycles. The van der Waals surface area contributed by atoms with Gasteiger partial charge in [-0.2, -0.15) is 0 Å². The van der Waals surface area contributed by atoms with Gasteiger partial charge in [-0.25, -0.2) is 0 Å². The highest BCUT2D eigenvalue weighted by molar-refractivity contribution is 6.74. The van der Waals surface area contributed by atoms with Gasteiger partial charge in [0.2, 0.25) is 0 Å². The Hall–Kier alpha value is -0.673. The van der Waals surface area contributed by atoms with E-state index in [2.05, 4.69) is 60.7 Å². The molecule has 128 valence electrons. The molecule has 0 amide bonds. The molecule has 23 heavy (non-hydrogen) atoms. The molecule has 0 saturated heterocycles. The maximum atomic E-state index is 12.8. The van der Waals surface area contributed by atoms with E-state index in [9.17, 15) is 4.79 Å². The highest BCUT2D eigenvalue weighted by atomic mass is 28.4. The van der Waals surface area contributed by atoms with E-state index >= 15 is 0 Å². The van der Waals surface area contributed by atoms with Crippen LogP contribution in [0.2, 0.25) is 18.1 Å². The molecule has 0 N–H and O–H groups in total. The second-order valence-corrected chi connectivity index (χ2v) is 14.4. The van der Waals surface area contributed by atoms with Crippen molar-refractivity contribution in [3.63, 3.8) is 0 Å². The van der Waals surface area contributed by atoms with Crippen molar-refractivity contribution in [2.75, 3.05) is 0 Å². The van der Waals surface area contributed by atoms with Crippen LogP contribution in [0.4, 0.5) is 0 Å². The first-order chi connectivity index (χ1) is 10.4. The predicted molar refractivity (Wildman–Crippen MR) is 97.8 cm³/mol. The molecule has 1 spiro atoms. The van der Waals surface area contributed by atoms with E-state index in [0.29, 0.717) is 23.5 Å². The van der Waals surface area contributed by atoms with E-state index in [0.717, 1.165) is 6.42 Å². The van der Waals surface area contributed by atoms with Gasteiger partial charge in [-0.1, -0.05) is 39.3 Å². The van der Waals surface area contributed by atoms with Crippen molar-refractivity contribution < 1.29 is 9.22 Å². The molecule has 0 aromatic rings. The summed E-state index contributed by atoms with van der Waals surface area (Å²) >= 11 is 0. The minimum Gasteiger partial charge on any atom is -0.413 e. The van der Waals surface area contributed by atoms with Gasteiger partial charge in [0.1, 0.15) is 0 Å². The Bertz CT molecular complexity index is 604. The van der Waals surface area contributed by atoms with Crippen LogP contribution in [0.3, 0.4) is 0 Å². The quantitative estimate of drug-likeness (QED) is 0.518. The average molecular weight is 333 g/mol. The minimum atomic E-state index is -1.83. The van der Waals surface area contributed by atoms with Crippen molar-refractivity contribution >= 4 is 14.1 Å². The van der Waals surface area contributed by atoms with E-state index in [4.69, 9.17) is 4.43 Å². The Morgan fingerprint density at radius 3 is 2.43 bits per heavy atom. The number of rotatable bonds is 2. The monoisotopic (exact) mass is 332 g/mol. The molecule has 0 bridgehead atoms. The number of carbonyl (C=O) groups excluding carboxylic acids is 1. The van der Waals surface area contributed by atoms with Crippen molar-refractivity contribution in [3.8, 4) is 0 Å². The van der Waals surface area contributed by atoms with Gasteiger partial charge in [0.05, 0.1) is 11.5 Å². The molecule has 3 rings (SSSR count). The van der Waals surface area contributed by atoms with E-state index in [-0.39, 0.29) is 16.6 Å². The zero-order valence-electron chi connectivity index (χ0n) is 16.0. The van der Waals surface area contributed by atoms with Gasteiger partial charge in [0.15, 0.2) is 14.1 Å². The first-order valence-electron chi connectivity index (χ1n) is 9.03. The summed E-state index contributed by atoms with van der Waals surface area (Å²) in [7, 11) is -1.83. The lowest BCUT2D eigenvalue weighted by Gasteiger charge is -2.43. The first kappa shape index (κ1) is 17.2. The molecular formula is C20H32O2Si. The van der Waals surface area contributed by atoms with Crippen LogP contribution in [0.25, 0.3) is 0 Å². The van der Waals surface area contributed by atoms with Gasteiger partial charge in [-0.05, 0) is 61.9 Å². The fourth-order valence-corrected chi connectivity index (χ4v) is 6.19. The second kappa shape index (κ2) is 4.92. The van der Waals surface area contributed by atoms with Crippen LogP contribution in [-0.4, -0.2) is 20.2 Å².